The average Bonchev–Trinajstić information content (AvgIpc) is 3.59. The first-order valence-corrected chi connectivity index (χ1v) is 17.5. The molecule has 1 heterocycles. The lowest BCUT2D eigenvalue weighted by atomic mass is 9.68. The molecule has 4 unspecified atom stereocenters. The highest BCUT2D eigenvalue weighted by atomic mass is 32.1. The minimum Gasteiger partial charge on any atom is -0.135 e. The molecular formula is C44H32S. The monoisotopic (exact) mass is 592 g/mol. The van der Waals surface area contributed by atoms with Gasteiger partial charge in [0.2, 0.25) is 0 Å². The van der Waals surface area contributed by atoms with Gasteiger partial charge in [0.1, 0.15) is 0 Å². The Kier molecular flexibility index (Phi) is 4.99. The Hall–Kier alpha value is -4.46. The molecule has 1 aromatic heterocycles. The van der Waals surface area contributed by atoms with Gasteiger partial charge in [-0.1, -0.05) is 84.9 Å². The standard InChI is InChI=1S/C44H32S/c1-2-10-33-32(9-1)38-22-27(15-16-34(38)39-23-37-30-18-25-17-29(21-30)36(19-25)41(37)24-40(33)39)26-7-5-8-28(20-26)31-12-6-14-43-44(31)35-11-3-4-13-42(35)45-43/h1-16,20,22-25,29-30,36H,17-19,21H2. The fourth-order valence-corrected chi connectivity index (χ4v) is 11.1. The van der Waals surface area contributed by atoms with E-state index in [2.05, 4.69) is 121 Å². The molecule has 0 spiro atoms. The highest BCUT2D eigenvalue weighted by molar-refractivity contribution is 7.25. The summed E-state index contributed by atoms with van der Waals surface area (Å²) >= 11 is 1.89. The van der Waals surface area contributed by atoms with E-state index < -0.39 is 0 Å². The highest BCUT2D eigenvalue weighted by Crippen LogP contribution is 2.61. The molecule has 0 amide bonds. The van der Waals surface area contributed by atoms with Gasteiger partial charge in [-0.25, -0.2) is 0 Å². The third kappa shape index (κ3) is 3.48. The van der Waals surface area contributed by atoms with Crippen LogP contribution in [0.25, 0.3) is 74.7 Å². The van der Waals surface area contributed by atoms with Crippen LogP contribution in [0.2, 0.25) is 0 Å². The third-order valence-electron chi connectivity index (χ3n) is 11.8. The molecule has 7 aromatic carbocycles. The maximum atomic E-state index is 2.64. The van der Waals surface area contributed by atoms with Crippen molar-refractivity contribution < 1.29 is 0 Å². The minimum atomic E-state index is 0.764. The lowest BCUT2D eigenvalue weighted by molar-refractivity contribution is 0.297. The zero-order valence-electron chi connectivity index (χ0n) is 25.1. The highest BCUT2D eigenvalue weighted by Gasteiger charge is 2.47. The molecule has 214 valence electrons. The summed E-state index contributed by atoms with van der Waals surface area (Å²) in [6, 6.07) is 46.4. The Morgan fingerprint density at radius 1 is 0.444 bits per heavy atom. The van der Waals surface area contributed by atoms with E-state index in [0.29, 0.717) is 0 Å². The first-order valence-electron chi connectivity index (χ1n) is 16.7. The molecule has 3 aliphatic rings. The van der Waals surface area contributed by atoms with E-state index in [9.17, 15) is 0 Å². The maximum absolute atomic E-state index is 2.64. The van der Waals surface area contributed by atoms with Gasteiger partial charge in [-0.05, 0) is 151 Å². The van der Waals surface area contributed by atoms with Crippen LogP contribution in [0.4, 0.5) is 0 Å². The summed E-state index contributed by atoms with van der Waals surface area (Å²) in [7, 11) is 0. The number of thiophene rings is 1. The van der Waals surface area contributed by atoms with Crippen molar-refractivity contribution in [3.8, 4) is 22.3 Å². The molecular weight excluding hydrogens is 561 g/mol. The van der Waals surface area contributed by atoms with Crippen molar-refractivity contribution in [3.63, 3.8) is 0 Å². The van der Waals surface area contributed by atoms with Crippen LogP contribution >= 0.6 is 11.3 Å². The first-order chi connectivity index (χ1) is 22.3. The van der Waals surface area contributed by atoms with Crippen LogP contribution in [0.1, 0.15) is 48.6 Å². The molecule has 0 nitrogen and oxygen atoms in total. The third-order valence-corrected chi connectivity index (χ3v) is 12.9. The van der Waals surface area contributed by atoms with Crippen molar-refractivity contribution in [2.45, 2.75) is 37.5 Å². The van der Waals surface area contributed by atoms with Gasteiger partial charge in [-0.3, -0.25) is 0 Å². The molecule has 11 rings (SSSR count). The van der Waals surface area contributed by atoms with Crippen molar-refractivity contribution in [2.75, 3.05) is 0 Å². The number of hydrogen-bond donors (Lipinski definition) is 0. The fourth-order valence-electron chi connectivity index (χ4n) is 9.96. The zero-order valence-corrected chi connectivity index (χ0v) is 25.9. The number of benzene rings is 7. The molecule has 4 atom stereocenters. The van der Waals surface area contributed by atoms with Gasteiger partial charge in [0.05, 0.1) is 0 Å². The largest absolute Gasteiger partial charge is 0.135 e. The topological polar surface area (TPSA) is 0 Å². The van der Waals surface area contributed by atoms with Gasteiger partial charge in [0, 0.05) is 20.2 Å². The van der Waals surface area contributed by atoms with Crippen LogP contribution < -0.4 is 0 Å². The van der Waals surface area contributed by atoms with Crippen LogP contribution in [0, 0.1) is 11.8 Å². The van der Waals surface area contributed by atoms with Crippen molar-refractivity contribution in [1.82, 2.24) is 0 Å². The molecule has 2 fully saturated rings. The van der Waals surface area contributed by atoms with Gasteiger partial charge in [-0.15, -0.1) is 11.3 Å². The van der Waals surface area contributed by atoms with Gasteiger partial charge >= 0.3 is 0 Å². The summed E-state index contributed by atoms with van der Waals surface area (Å²) < 4.78 is 2.71. The van der Waals surface area contributed by atoms with Gasteiger partial charge < -0.3 is 0 Å². The Labute approximate surface area is 266 Å². The van der Waals surface area contributed by atoms with Crippen molar-refractivity contribution in [2.24, 2.45) is 11.8 Å². The van der Waals surface area contributed by atoms with E-state index in [1.165, 1.54) is 100 Å². The van der Waals surface area contributed by atoms with E-state index in [1.54, 1.807) is 11.1 Å². The molecule has 0 radical (unpaired) electrons. The molecule has 1 heteroatoms. The summed E-state index contributed by atoms with van der Waals surface area (Å²) in [5, 5.41) is 11.2. The molecule has 0 N–H and O–H groups in total. The lowest BCUT2D eigenvalue weighted by Gasteiger charge is -2.36. The quantitative estimate of drug-likeness (QED) is 0.175. The summed E-state index contributed by atoms with van der Waals surface area (Å²) in [6.07, 6.45) is 5.72. The summed E-state index contributed by atoms with van der Waals surface area (Å²) in [4.78, 5) is 0. The Morgan fingerprint density at radius 2 is 1.13 bits per heavy atom. The summed E-state index contributed by atoms with van der Waals surface area (Å²) in [5.41, 5.74) is 8.51. The molecule has 8 aromatic rings. The van der Waals surface area contributed by atoms with Crippen molar-refractivity contribution >= 4 is 63.8 Å². The van der Waals surface area contributed by atoms with Crippen LogP contribution in [-0.4, -0.2) is 0 Å². The number of fused-ring (bicyclic) bond motifs is 14. The van der Waals surface area contributed by atoms with E-state index in [1.807, 2.05) is 11.3 Å². The molecule has 3 bridgehead atoms. The van der Waals surface area contributed by atoms with Crippen LogP contribution in [-0.2, 0) is 0 Å². The Morgan fingerprint density at radius 3 is 2.02 bits per heavy atom. The van der Waals surface area contributed by atoms with Crippen molar-refractivity contribution in [3.05, 3.63) is 132 Å². The van der Waals surface area contributed by atoms with E-state index in [0.717, 1.165) is 23.7 Å². The fraction of sp³-hybridized carbons (Fsp3) is 0.182. The predicted molar refractivity (Wildman–Crippen MR) is 194 cm³/mol. The second kappa shape index (κ2) is 9.05. The second-order valence-electron chi connectivity index (χ2n) is 14.1. The summed E-state index contributed by atoms with van der Waals surface area (Å²) in [5.74, 6) is 3.43. The minimum absolute atomic E-state index is 0.764. The smallest absolute Gasteiger partial charge is 0.0361 e. The number of rotatable bonds is 2. The molecule has 2 saturated carbocycles. The van der Waals surface area contributed by atoms with Gasteiger partial charge in [-0.2, -0.15) is 0 Å². The molecule has 45 heavy (non-hydrogen) atoms. The number of hydrogen-bond acceptors (Lipinski definition) is 1. The first kappa shape index (κ1) is 24.8. The van der Waals surface area contributed by atoms with Gasteiger partial charge in [0.15, 0.2) is 0 Å². The van der Waals surface area contributed by atoms with Crippen LogP contribution in [0.3, 0.4) is 0 Å². The second-order valence-corrected chi connectivity index (χ2v) is 15.1. The normalized spacial score (nSPS) is 21.9. The lowest BCUT2D eigenvalue weighted by Crippen LogP contribution is -2.22. The van der Waals surface area contributed by atoms with Crippen molar-refractivity contribution in [1.29, 1.82) is 0 Å². The molecule has 0 aliphatic heterocycles. The van der Waals surface area contributed by atoms with Crippen LogP contribution in [0.15, 0.2) is 121 Å². The SMILES string of the molecule is c1cc(-c2ccc3c(c2)c2ccccc2c2cc4c(cc32)C2CC3CC(C2)C4C3)cc(-c2cccc3sc4ccccc4c23)c1. The van der Waals surface area contributed by atoms with Crippen LogP contribution in [0.5, 0.6) is 0 Å². The zero-order chi connectivity index (χ0) is 29.2. The van der Waals surface area contributed by atoms with Gasteiger partial charge in [0.25, 0.3) is 0 Å². The Balaban J connectivity index is 1.11. The molecule has 0 saturated heterocycles. The van der Waals surface area contributed by atoms with E-state index >= 15 is 0 Å². The maximum Gasteiger partial charge on any atom is 0.0361 e. The summed E-state index contributed by atoms with van der Waals surface area (Å²) in [6.45, 7) is 0. The van der Waals surface area contributed by atoms with E-state index in [4.69, 9.17) is 0 Å². The predicted octanol–water partition coefficient (Wildman–Crippen LogP) is 12.8. The Bertz CT molecular complexity index is 2530. The molecule has 3 aliphatic carbocycles. The average molecular weight is 593 g/mol. The van der Waals surface area contributed by atoms with E-state index in [-0.39, 0.29) is 0 Å².